The third-order valence-corrected chi connectivity index (χ3v) is 6.31. The van der Waals surface area contributed by atoms with Gasteiger partial charge in [0.1, 0.15) is 12.7 Å². The van der Waals surface area contributed by atoms with E-state index in [9.17, 15) is 29.1 Å². The normalized spacial score (nSPS) is 13.3. The summed E-state index contributed by atoms with van der Waals surface area (Å²) < 4.78 is 21.9. The number of benzene rings is 4. The molecule has 0 saturated heterocycles. The van der Waals surface area contributed by atoms with Gasteiger partial charge in [-0.2, -0.15) is 0 Å². The molecule has 0 saturated carbocycles. The van der Waals surface area contributed by atoms with Crippen molar-refractivity contribution in [3.05, 3.63) is 144 Å². The van der Waals surface area contributed by atoms with Crippen LogP contribution >= 0.6 is 0 Å². The fraction of sp³-hybridized carbons (Fsp3) is 0.147. The van der Waals surface area contributed by atoms with Crippen LogP contribution in [0.4, 0.5) is 0 Å². The molecule has 1 N–H and O–H groups in total. The monoisotopic (exact) mass is 596 g/mol. The van der Waals surface area contributed by atoms with E-state index in [2.05, 4.69) is 0 Å². The number of aldehydes is 1. The zero-order valence-electron chi connectivity index (χ0n) is 23.3. The van der Waals surface area contributed by atoms with Crippen LogP contribution < -0.4 is 0 Å². The number of rotatable bonds is 13. The van der Waals surface area contributed by atoms with Gasteiger partial charge < -0.3 is 24.1 Å². The van der Waals surface area contributed by atoms with Gasteiger partial charge in [0.25, 0.3) is 0 Å². The van der Waals surface area contributed by atoms with E-state index in [1.807, 2.05) is 0 Å². The summed E-state index contributed by atoms with van der Waals surface area (Å²) in [5.74, 6) is -3.66. The Labute approximate surface area is 252 Å². The van der Waals surface area contributed by atoms with Crippen LogP contribution in [-0.2, 0) is 23.7 Å². The minimum atomic E-state index is -1.87. The number of carbonyl (C=O) groups excluding carboxylic acids is 5. The molecular weight excluding hydrogens is 568 g/mol. The van der Waals surface area contributed by atoms with E-state index in [0.717, 1.165) is 0 Å². The van der Waals surface area contributed by atoms with Gasteiger partial charge in [-0.25, -0.2) is 19.2 Å². The Morgan fingerprint density at radius 3 is 1.25 bits per heavy atom. The number of aliphatic hydroxyl groups excluding tert-OH is 1. The van der Waals surface area contributed by atoms with Crippen molar-refractivity contribution >= 4 is 30.2 Å². The van der Waals surface area contributed by atoms with Crippen molar-refractivity contribution in [2.75, 3.05) is 6.61 Å². The molecule has 4 aromatic rings. The van der Waals surface area contributed by atoms with Gasteiger partial charge in [-0.15, -0.1) is 0 Å². The molecule has 0 aliphatic rings. The number of aliphatic hydroxyl groups is 1. The highest BCUT2D eigenvalue weighted by molar-refractivity contribution is 5.92. The van der Waals surface area contributed by atoms with Gasteiger partial charge in [0.15, 0.2) is 24.6 Å². The number of ether oxygens (including phenoxy) is 4. The topological polar surface area (TPSA) is 143 Å². The van der Waals surface area contributed by atoms with E-state index in [0.29, 0.717) is 0 Å². The fourth-order valence-corrected chi connectivity index (χ4v) is 4.07. The van der Waals surface area contributed by atoms with Gasteiger partial charge in [0, 0.05) is 0 Å². The average Bonchev–Trinajstić information content (AvgIpc) is 3.08. The van der Waals surface area contributed by atoms with E-state index in [4.69, 9.17) is 18.9 Å². The molecule has 0 radical (unpaired) electrons. The molecule has 0 bridgehead atoms. The zero-order valence-corrected chi connectivity index (χ0v) is 23.3. The van der Waals surface area contributed by atoms with Crippen molar-refractivity contribution in [1.29, 1.82) is 0 Å². The highest BCUT2D eigenvalue weighted by Crippen LogP contribution is 2.21. The van der Waals surface area contributed by atoms with Gasteiger partial charge >= 0.3 is 23.9 Å². The van der Waals surface area contributed by atoms with E-state index in [1.165, 1.54) is 48.5 Å². The predicted molar refractivity (Wildman–Crippen MR) is 156 cm³/mol. The molecule has 4 aromatic carbocycles. The minimum Gasteiger partial charge on any atom is -0.459 e. The predicted octanol–water partition coefficient (Wildman–Crippen LogP) is 4.08. The fourth-order valence-electron chi connectivity index (χ4n) is 4.07. The molecule has 0 aliphatic heterocycles. The highest BCUT2D eigenvalue weighted by Gasteiger charge is 2.43. The Kier molecular flexibility index (Phi) is 11.1. The molecular formula is C34H28O10. The van der Waals surface area contributed by atoms with Crippen LogP contribution in [0.15, 0.2) is 121 Å². The van der Waals surface area contributed by atoms with Crippen LogP contribution in [0, 0.1) is 0 Å². The van der Waals surface area contributed by atoms with Crippen molar-refractivity contribution in [3.8, 4) is 0 Å². The second-order valence-corrected chi connectivity index (χ2v) is 9.38. The van der Waals surface area contributed by atoms with Gasteiger partial charge in [-0.3, -0.25) is 4.79 Å². The third-order valence-electron chi connectivity index (χ3n) is 6.31. The van der Waals surface area contributed by atoms with E-state index < -0.39 is 54.9 Å². The Balaban J connectivity index is 1.68. The molecule has 0 aliphatic carbocycles. The van der Waals surface area contributed by atoms with E-state index >= 15 is 0 Å². The first-order valence-electron chi connectivity index (χ1n) is 13.5. The largest absolute Gasteiger partial charge is 0.459 e. The van der Waals surface area contributed by atoms with Crippen molar-refractivity contribution in [2.24, 2.45) is 0 Å². The number of carbonyl (C=O) groups is 5. The van der Waals surface area contributed by atoms with Crippen molar-refractivity contribution in [1.82, 2.24) is 0 Å². The summed E-state index contributed by atoms with van der Waals surface area (Å²) in [6.07, 6.45) is -7.23. The average molecular weight is 597 g/mol. The number of hydrogen-bond donors (Lipinski definition) is 1. The molecule has 0 amide bonds. The van der Waals surface area contributed by atoms with Crippen LogP contribution in [0.25, 0.3) is 0 Å². The smallest absolute Gasteiger partial charge is 0.338 e. The second kappa shape index (κ2) is 15.6. The summed E-state index contributed by atoms with van der Waals surface area (Å²) in [5, 5.41) is 11.2. The van der Waals surface area contributed by atoms with Crippen LogP contribution in [-0.4, -0.2) is 66.3 Å². The van der Waals surface area contributed by atoms with Gasteiger partial charge in [0.05, 0.1) is 22.3 Å². The molecule has 224 valence electrons. The maximum atomic E-state index is 13.2. The van der Waals surface area contributed by atoms with Crippen LogP contribution in [0.3, 0.4) is 0 Å². The highest BCUT2D eigenvalue weighted by atomic mass is 16.6. The quantitative estimate of drug-likeness (QED) is 0.136. The lowest BCUT2D eigenvalue weighted by Crippen LogP contribution is -2.52. The van der Waals surface area contributed by atoms with Gasteiger partial charge in [-0.05, 0) is 48.5 Å². The van der Waals surface area contributed by atoms with Crippen LogP contribution in [0.5, 0.6) is 0 Å². The zero-order chi connectivity index (χ0) is 31.3. The summed E-state index contributed by atoms with van der Waals surface area (Å²) in [4.78, 5) is 64.2. The molecule has 0 aromatic heterocycles. The summed E-state index contributed by atoms with van der Waals surface area (Å²) >= 11 is 0. The lowest BCUT2D eigenvalue weighted by atomic mass is 10.0. The van der Waals surface area contributed by atoms with E-state index in [1.54, 1.807) is 72.8 Å². The molecule has 4 rings (SSSR count). The van der Waals surface area contributed by atoms with Crippen molar-refractivity contribution in [2.45, 2.75) is 24.4 Å². The van der Waals surface area contributed by atoms with Gasteiger partial charge in [-0.1, -0.05) is 72.8 Å². The third kappa shape index (κ3) is 8.46. The summed E-state index contributed by atoms with van der Waals surface area (Å²) in [6, 6.07) is 31.0. The number of esters is 4. The Hall–Kier alpha value is -5.61. The summed E-state index contributed by atoms with van der Waals surface area (Å²) in [5.41, 5.74) is 0.410. The maximum Gasteiger partial charge on any atom is 0.338 e. The SMILES string of the molecule is O=C[C@H](OC(=O)c1ccccc1)[C@@H](OC(=O)c1ccccc1)[C@@H](OC(=O)c1ccccc1)[C@H](O)COC(=O)c1ccccc1. The first-order valence-corrected chi connectivity index (χ1v) is 13.5. The van der Waals surface area contributed by atoms with Crippen molar-refractivity contribution in [3.63, 3.8) is 0 Å². The molecule has 0 heterocycles. The molecule has 44 heavy (non-hydrogen) atoms. The second-order valence-electron chi connectivity index (χ2n) is 9.38. The molecule has 0 spiro atoms. The molecule has 0 fully saturated rings. The standard InChI is InChI=1S/C34H28O10/c35-21-28(42-32(38)24-15-7-2-8-16-24)30(44-34(40)26-19-11-4-12-20-26)29(43-33(39)25-17-9-3-10-18-25)27(36)22-41-31(37)23-13-5-1-6-14-23/h1-21,27-30,36H,22H2/t27-,28+,29+,30-/m1/s1. The Bertz CT molecular complexity index is 1540. The molecule has 0 unspecified atom stereocenters. The van der Waals surface area contributed by atoms with Crippen LogP contribution in [0.1, 0.15) is 41.4 Å². The minimum absolute atomic E-state index is 0.0645. The summed E-state index contributed by atoms with van der Waals surface area (Å²) in [7, 11) is 0. The lowest BCUT2D eigenvalue weighted by molar-refractivity contribution is -0.142. The van der Waals surface area contributed by atoms with Gasteiger partial charge in [0.2, 0.25) is 0 Å². The van der Waals surface area contributed by atoms with Crippen LogP contribution in [0.2, 0.25) is 0 Å². The first kappa shape index (κ1) is 31.3. The molecule has 10 nitrogen and oxygen atoms in total. The summed E-state index contributed by atoms with van der Waals surface area (Å²) in [6.45, 7) is -0.738. The maximum absolute atomic E-state index is 13.2. The van der Waals surface area contributed by atoms with Crippen molar-refractivity contribution < 1.29 is 48.0 Å². The lowest BCUT2D eigenvalue weighted by Gasteiger charge is -2.32. The molecule has 4 atom stereocenters. The Morgan fingerprint density at radius 2 is 0.864 bits per heavy atom. The van der Waals surface area contributed by atoms with E-state index in [-0.39, 0.29) is 28.5 Å². The molecule has 10 heteroatoms. The first-order chi connectivity index (χ1) is 21.4. The number of hydrogen-bond acceptors (Lipinski definition) is 10. The Morgan fingerprint density at radius 1 is 0.523 bits per heavy atom.